The van der Waals surface area contributed by atoms with Gasteiger partial charge in [-0.05, 0) is 43.5 Å². The second-order valence-electron chi connectivity index (χ2n) is 5.65. The summed E-state index contributed by atoms with van der Waals surface area (Å²) in [5.74, 6) is -0.809. The number of aryl methyl sites for hydroxylation is 1. The van der Waals surface area contributed by atoms with E-state index in [0.29, 0.717) is 18.2 Å². The Labute approximate surface area is 125 Å². The minimum Gasteiger partial charge on any atom is -0.480 e. The smallest absolute Gasteiger partial charge is 0.321 e. The largest absolute Gasteiger partial charge is 0.480 e. The van der Waals surface area contributed by atoms with Crippen LogP contribution in [0.15, 0.2) is 24.3 Å². The van der Waals surface area contributed by atoms with Crippen molar-refractivity contribution >= 4 is 17.6 Å². The Balaban J connectivity index is 2.50. The molecule has 1 aromatic rings. The van der Waals surface area contributed by atoms with Crippen LogP contribution in [0.5, 0.6) is 0 Å². The van der Waals surface area contributed by atoms with E-state index in [4.69, 9.17) is 5.11 Å². The molecule has 5 heteroatoms. The van der Waals surface area contributed by atoms with Crippen LogP contribution in [0.1, 0.15) is 32.3 Å². The van der Waals surface area contributed by atoms with Gasteiger partial charge in [0.1, 0.15) is 6.04 Å². The van der Waals surface area contributed by atoms with E-state index < -0.39 is 12.0 Å². The molecule has 3 N–H and O–H groups in total. The van der Waals surface area contributed by atoms with E-state index >= 15 is 0 Å². The van der Waals surface area contributed by atoms with Crippen molar-refractivity contribution in [2.75, 3.05) is 11.9 Å². The minimum atomic E-state index is -1.00. The van der Waals surface area contributed by atoms with Crippen molar-refractivity contribution in [3.8, 4) is 0 Å². The topological polar surface area (TPSA) is 78.4 Å². The third-order valence-corrected chi connectivity index (χ3v) is 3.10. The van der Waals surface area contributed by atoms with Gasteiger partial charge in [-0.25, -0.2) is 0 Å². The van der Waals surface area contributed by atoms with Crippen LogP contribution in [0, 0.1) is 12.8 Å². The summed E-state index contributed by atoms with van der Waals surface area (Å²) in [6.45, 7) is 6.67. The minimum absolute atomic E-state index is 0.0820. The highest BCUT2D eigenvalue weighted by Crippen LogP contribution is 2.10. The fraction of sp³-hybridized carbons (Fsp3) is 0.500. The Kier molecular flexibility index (Phi) is 6.88. The number of amides is 1. The third-order valence-electron chi connectivity index (χ3n) is 3.10. The summed E-state index contributed by atoms with van der Waals surface area (Å²) >= 11 is 0. The number of carboxylic acid groups (broad SMARTS) is 1. The summed E-state index contributed by atoms with van der Waals surface area (Å²) in [5.41, 5.74) is 1.73. The number of carboxylic acids is 1. The van der Waals surface area contributed by atoms with Crippen molar-refractivity contribution < 1.29 is 14.7 Å². The van der Waals surface area contributed by atoms with Gasteiger partial charge in [-0.1, -0.05) is 26.0 Å². The molecule has 0 fully saturated rings. The van der Waals surface area contributed by atoms with Crippen LogP contribution in [0.3, 0.4) is 0 Å². The van der Waals surface area contributed by atoms with Gasteiger partial charge in [0.05, 0.1) is 6.42 Å². The van der Waals surface area contributed by atoms with E-state index in [0.717, 1.165) is 12.0 Å². The third kappa shape index (κ3) is 6.90. The van der Waals surface area contributed by atoms with Crippen molar-refractivity contribution in [2.24, 2.45) is 5.92 Å². The van der Waals surface area contributed by atoms with Crippen LogP contribution in [-0.4, -0.2) is 29.6 Å². The molecule has 0 aliphatic carbocycles. The Morgan fingerprint density at radius 2 is 2.00 bits per heavy atom. The molecule has 0 aliphatic rings. The molecule has 0 bridgehead atoms. The Hall–Kier alpha value is -1.88. The molecule has 21 heavy (non-hydrogen) atoms. The monoisotopic (exact) mass is 292 g/mol. The highest BCUT2D eigenvalue weighted by Gasteiger charge is 2.20. The Morgan fingerprint density at radius 1 is 1.29 bits per heavy atom. The van der Waals surface area contributed by atoms with Gasteiger partial charge in [0.25, 0.3) is 0 Å². The van der Waals surface area contributed by atoms with Crippen molar-refractivity contribution in [1.82, 2.24) is 5.32 Å². The molecule has 1 unspecified atom stereocenters. The molecule has 0 aliphatic heterocycles. The van der Waals surface area contributed by atoms with Crippen LogP contribution in [0.25, 0.3) is 0 Å². The highest BCUT2D eigenvalue weighted by atomic mass is 16.4. The normalized spacial score (nSPS) is 12.2. The molecule has 0 saturated heterocycles. The molecule has 0 radical (unpaired) electrons. The average Bonchev–Trinajstić information content (AvgIpc) is 2.36. The molecule has 0 aromatic heterocycles. The fourth-order valence-electron chi connectivity index (χ4n) is 1.91. The van der Waals surface area contributed by atoms with Crippen molar-refractivity contribution in [3.63, 3.8) is 0 Å². The molecular formula is C16H24N2O3. The van der Waals surface area contributed by atoms with Crippen LogP contribution >= 0.6 is 0 Å². The molecule has 1 rings (SSSR count). The van der Waals surface area contributed by atoms with E-state index in [-0.39, 0.29) is 12.3 Å². The molecule has 5 nitrogen and oxygen atoms in total. The lowest BCUT2D eigenvalue weighted by Gasteiger charge is -2.15. The summed E-state index contributed by atoms with van der Waals surface area (Å²) in [6.07, 6.45) is 0.796. The van der Waals surface area contributed by atoms with E-state index in [1.165, 1.54) is 0 Å². The first kappa shape index (κ1) is 17.2. The van der Waals surface area contributed by atoms with Gasteiger partial charge in [-0.15, -0.1) is 0 Å². The van der Waals surface area contributed by atoms with Gasteiger partial charge in [0.2, 0.25) is 5.91 Å². The molecule has 0 saturated carbocycles. The molecule has 1 aromatic carbocycles. The number of nitrogens with one attached hydrogen (secondary N) is 2. The number of aliphatic carboxylic acids is 1. The second kappa shape index (κ2) is 8.42. The first-order chi connectivity index (χ1) is 9.88. The zero-order chi connectivity index (χ0) is 15.8. The predicted octanol–water partition coefficient (Wildman–Crippen LogP) is 2.41. The summed E-state index contributed by atoms with van der Waals surface area (Å²) in [4.78, 5) is 23.1. The predicted molar refractivity (Wildman–Crippen MR) is 83.3 cm³/mol. The zero-order valence-electron chi connectivity index (χ0n) is 12.8. The molecule has 1 amide bonds. The summed E-state index contributed by atoms with van der Waals surface area (Å²) < 4.78 is 0. The SMILES string of the molecule is Cc1cccc(NC(=O)CC(NCCC(C)C)C(=O)O)c1. The van der Waals surface area contributed by atoms with E-state index in [9.17, 15) is 9.59 Å². The Bertz CT molecular complexity index is 486. The highest BCUT2D eigenvalue weighted by molar-refractivity contribution is 5.94. The standard InChI is InChI=1S/C16H24N2O3/c1-11(2)7-8-17-14(16(20)21)10-15(19)18-13-6-4-5-12(3)9-13/h4-6,9,11,14,17H,7-8,10H2,1-3H3,(H,18,19)(H,20,21). The van der Waals surface area contributed by atoms with Crippen molar-refractivity contribution in [2.45, 2.75) is 39.7 Å². The van der Waals surface area contributed by atoms with Crippen LogP contribution in [0.2, 0.25) is 0 Å². The first-order valence-electron chi connectivity index (χ1n) is 7.21. The average molecular weight is 292 g/mol. The quantitative estimate of drug-likeness (QED) is 0.687. The van der Waals surface area contributed by atoms with Crippen molar-refractivity contribution in [1.29, 1.82) is 0 Å². The fourth-order valence-corrected chi connectivity index (χ4v) is 1.91. The van der Waals surface area contributed by atoms with Crippen molar-refractivity contribution in [3.05, 3.63) is 29.8 Å². The number of hydrogen-bond acceptors (Lipinski definition) is 3. The van der Waals surface area contributed by atoms with Gasteiger partial charge in [0.15, 0.2) is 0 Å². The number of carbonyl (C=O) groups excluding carboxylic acids is 1. The van der Waals surface area contributed by atoms with Crippen LogP contribution in [0.4, 0.5) is 5.69 Å². The van der Waals surface area contributed by atoms with Gasteiger partial charge in [0, 0.05) is 5.69 Å². The number of hydrogen-bond donors (Lipinski definition) is 3. The molecule has 0 heterocycles. The van der Waals surface area contributed by atoms with Crippen LogP contribution in [-0.2, 0) is 9.59 Å². The number of rotatable bonds is 8. The van der Waals surface area contributed by atoms with E-state index in [1.54, 1.807) is 6.07 Å². The number of benzene rings is 1. The summed E-state index contributed by atoms with van der Waals surface area (Å²) in [6, 6.07) is 6.56. The lowest BCUT2D eigenvalue weighted by Crippen LogP contribution is -2.40. The molecular weight excluding hydrogens is 268 g/mol. The lowest BCUT2D eigenvalue weighted by molar-refractivity contribution is -0.141. The molecule has 1 atom stereocenters. The molecule has 0 spiro atoms. The first-order valence-corrected chi connectivity index (χ1v) is 7.21. The Morgan fingerprint density at radius 3 is 2.57 bits per heavy atom. The summed E-state index contributed by atoms with van der Waals surface area (Å²) in [5, 5.41) is 14.8. The van der Waals surface area contributed by atoms with Gasteiger partial charge >= 0.3 is 5.97 Å². The van der Waals surface area contributed by atoms with E-state index in [2.05, 4.69) is 24.5 Å². The van der Waals surface area contributed by atoms with E-state index in [1.807, 2.05) is 25.1 Å². The maximum atomic E-state index is 11.9. The summed E-state index contributed by atoms with van der Waals surface area (Å²) in [7, 11) is 0. The number of carbonyl (C=O) groups is 2. The lowest BCUT2D eigenvalue weighted by atomic mass is 10.1. The maximum Gasteiger partial charge on any atom is 0.321 e. The van der Waals surface area contributed by atoms with Gasteiger partial charge < -0.3 is 15.7 Å². The molecule has 116 valence electrons. The van der Waals surface area contributed by atoms with Gasteiger partial charge in [-0.3, -0.25) is 9.59 Å². The maximum absolute atomic E-state index is 11.9. The zero-order valence-corrected chi connectivity index (χ0v) is 12.8. The number of anilines is 1. The second-order valence-corrected chi connectivity index (χ2v) is 5.65. The van der Waals surface area contributed by atoms with Gasteiger partial charge in [-0.2, -0.15) is 0 Å². The van der Waals surface area contributed by atoms with Crippen LogP contribution < -0.4 is 10.6 Å².